The lowest BCUT2D eigenvalue weighted by Crippen LogP contribution is -2.43. The first-order chi connectivity index (χ1) is 12.8. The van der Waals surface area contributed by atoms with Crippen molar-refractivity contribution in [2.75, 3.05) is 26.2 Å². The fraction of sp³-hybridized carbons (Fsp3) is 0.650. The third kappa shape index (κ3) is 8.28. The highest BCUT2D eigenvalue weighted by Crippen LogP contribution is 2.21. The monoisotopic (exact) mass is 375 g/mol. The quantitative estimate of drug-likeness (QED) is 0.589. The van der Waals surface area contributed by atoms with Crippen molar-refractivity contribution in [3.63, 3.8) is 0 Å². The van der Waals surface area contributed by atoms with Crippen molar-refractivity contribution in [2.45, 2.75) is 52.1 Å². The highest BCUT2D eigenvalue weighted by Gasteiger charge is 2.27. The number of aliphatic imine (C=N–C) groups is 1. The molecule has 0 bridgehead atoms. The second-order valence-corrected chi connectivity index (χ2v) is 7.99. The van der Waals surface area contributed by atoms with Gasteiger partial charge in [0.2, 0.25) is 0 Å². The van der Waals surface area contributed by atoms with Crippen LogP contribution < -0.4 is 11.1 Å². The summed E-state index contributed by atoms with van der Waals surface area (Å²) < 4.78 is 5.47. The SMILES string of the molecule is CC(C)(C)OC(=O)N1CCCC(CCN=C(N)NCCc2ccccn2)C1. The fourth-order valence-corrected chi connectivity index (χ4v) is 3.08. The van der Waals surface area contributed by atoms with Gasteiger partial charge in [0, 0.05) is 44.5 Å². The molecule has 1 saturated heterocycles. The molecule has 1 aliphatic rings. The molecule has 0 aliphatic carbocycles. The average molecular weight is 376 g/mol. The molecule has 7 nitrogen and oxygen atoms in total. The summed E-state index contributed by atoms with van der Waals surface area (Å²) in [6.45, 7) is 8.56. The molecule has 0 spiro atoms. The number of nitrogens with zero attached hydrogens (tertiary/aromatic N) is 3. The van der Waals surface area contributed by atoms with Gasteiger partial charge in [0.25, 0.3) is 0 Å². The minimum absolute atomic E-state index is 0.216. The Labute approximate surface area is 162 Å². The first-order valence-electron chi connectivity index (χ1n) is 9.75. The number of ether oxygens (including phenoxy) is 1. The maximum atomic E-state index is 12.2. The molecule has 0 saturated carbocycles. The van der Waals surface area contributed by atoms with Crippen LogP contribution in [0.25, 0.3) is 0 Å². The van der Waals surface area contributed by atoms with E-state index in [2.05, 4.69) is 15.3 Å². The Balaban J connectivity index is 1.67. The minimum Gasteiger partial charge on any atom is -0.444 e. The predicted molar refractivity (Wildman–Crippen MR) is 108 cm³/mol. The van der Waals surface area contributed by atoms with E-state index in [9.17, 15) is 4.79 Å². The summed E-state index contributed by atoms with van der Waals surface area (Å²) in [5, 5.41) is 3.12. The molecule has 1 aromatic heterocycles. The third-order valence-electron chi connectivity index (χ3n) is 4.40. The molecule has 1 atom stereocenters. The van der Waals surface area contributed by atoms with E-state index in [-0.39, 0.29) is 6.09 Å². The number of nitrogens with two attached hydrogens (primary N) is 1. The molecule has 2 rings (SSSR count). The lowest BCUT2D eigenvalue weighted by Gasteiger charge is -2.34. The summed E-state index contributed by atoms with van der Waals surface area (Å²) in [5.74, 6) is 0.905. The predicted octanol–water partition coefficient (Wildman–Crippen LogP) is 2.57. The number of carbonyl (C=O) groups excluding carboxylic acids is 1. The minimum atomic E-state index is -0.455. The van der Waals surface area contributed by atoms with Gasteiger partial charge in [-0.2, -0.15) is 0 Å². The molecule has 0 aromatic carbocycles. The van der Waals surface area contributed by atoms with E-state index >= 15 is 0 Å². The second-order valence-electron chi connectivity index (χ2n) is 7.99. The Bertz CT molecular complexity index is 613. The normalized spacial score (nSPS) is 18.3. The number of carbonyl (C=O) groups is 1. The van der Waals surface area contributed by atoms with E-state index < -0.39 is 5.60 Å². The topological polar surface area (TPSA) is 92.8 Å². The second kappa shape index (κ2) is 10.1. The number of pyridine rings is 1. The van der Waals surface area contributed by atoms with E-state index in [0.717, 1.165) is 44.5 Å². The maximum Gasteiger partial charge on any atom is 0.410 e. The number of amides is 1. The van der Waals surface area contributed by atoms with Gasteiger partial charge in [-0.1, -0.05) is 6.07 Å². The van der Waals surface area contributed by atoms with Crippen LogP contribution in [-0.4, -0.2) is 53.7 Å². The van der Waals surface area contributed by atoms with E-state index in [1.807, 2.05) is 43.9 Å². The van der Waals surface area contributed by atoms with E-state index in [1.54, 1.807) is 6.20 Å². The zero-order valence-electron chi connectivity index (χ0n) is 16.8. The molecule has 0 radical (unpaired) electrons. The van der Waals surface area contributed by atoms with Crippen LogP contribution in [0.3, 0.4) is 0 Å². The zero-order chi connectivity index (χ0) is 19.7. The highest BCUT2D eigenvalue weighted by molar-refractivity contribution is 5.77. The number of aromatic nitrogens is 1. The van der Waals surface area contributed by atoms with Gasteiger partial charge < -0.3 is 20.7 Å². The Morgan fingerprint density at radius 1 is 1.44 bits per heavy atom. The molecule has 1 aromatic rings. The third-order valence-corrected chi connectivity index (χ3v) is 4.40. The molecule has 150 valence electrons. The van der Waals surface area contributed by atoms with Gasteiger partial charge >= 0.3 is 6.09 Å². The van der Waals surface area contributed by atoms with Gasteiger partial charge in [0.15, 0.2) is 5.96 Å². The van der Waals surface area contributed by atoms with Crippen LogP contribution in [0.15, 0.2) is 29.4 Å². The maximum absolute atomic E-state index is 12.2. The highest BCUT2D eigenvalue weighted by atomic mass is 16.6. The van der Waals surface area contributed by atoms with Crippen molar-refractivity contribution in [3.8, 4) is 0 Å². The fourth-order valence-electron chi connectivity index (χ4n) is 3.08. The summed E-state index contributed by atoms with van der Waals surface area (Å²) in [4.78, 5) is 22.7. The summed E-state index contributed by atoms with van der Waals surface area (Å²) in [7, 11) is 0. The summed E-state index contributed by atoms with van der Waals surface area (Å²) >= 11 is 0. The van der Waals surface area contributed by atoms with Gasteiger partial charge in [0.1, 0.15) is 5.60 Å². The van der Waals surface area contributed by atoms with Crippen molar-refractivity contribution in [1.82, 2.24) is 15.2 Å². The molecule has 1 unspecified atom stereocenters. The number of likely N-dealkylation sites (tertiary alicyclic amines) is 1. The van der Waals surface area contributed by atoms with E-state index in [4.69, 9.17) is 10.5 Å². The van der Waals surface area contributed by atoms with Gasteiger partial charge in [-0.15, -0.1) is 0 Å². The average Bonchev–Trinajstić information content (AvgIpc) is 2.61. The molecule has 27 heavy (non-hydrogen) atoms. The molecule has 7 heteroatoms. The summed E-state index contributed by atoms with van der Waals surface area (Å²) in [6.07, 6.45) is 5.42. The molecule has 1 aliphatic heterocycles. The molecule has 1 fully saturated rings. The van der Waals surface area contributed by atoms with Crippen LogP contribution in [0.5, 0.6) is 0 Å². The number of piperidine rings is 1. The number of rotatable bonds is 6. The van der Waals surface area contributed by atoms with Crippen molar-refractivity contribution in [3.05, 3.63) is 30.1 Å². The number of nitrogens with one attached hydrogen (secondary N) is 1. The van der Waals surface area contributed by atoms with Gasteiger partial charge in [0.05, 0.1) is 0 Å². The van der Waals surface area contributed by atoms with Gasteiger partial charge in [-0.3, -0.25) is 9.98 Å². The summed E-state index contributed by atoms with van der Waals surface area (Å²) in [5.41, 5.74) is 6.51. The zero-order valence-corrected chi connectivity index (χ0v) is 16.8. The van der Waals surface area contributed by atoms with Crippen LogP contribution in [0, 0.1) is 5.92 Å². The van der Waals surface area contributed by atoms with Crippen LogP contribution in [0.2, 0.25) is 0 Å². The smallest absolute Gasteiger partial charge is 0.410 e. The van der Waals surface area contributed by atoms with Crippen LogP contribution in [0.1, 0.15) is 45.7 Å². The number of guanidine groups is 1. The van der Waals surface area contributed by atoms with Gasteiger partial charge in [-0.05, 0) is 58.1 Å². The first kappa shape index (κ1) is 21.0. The van der Waals surface area contributed by atoms with Crippen molar-refractivity contribution in [2.24, 2.45) is 16.6 Å². The van der Waals surface area contributed by atoms with Crippen molar-refractivity contribution < 1.29 is 9.53 Å². The molecule has 3 N–H and O–H groups in total. The summed E-state index contributed by atoms with van der Waals surface area (Å²) in [6, 6.07) is 5.88. The number of hydrogen-bond acceptors (Lipinski definition) is 4. The largest absolute Gasteiger partial charge is 0.444 e. The van der Waals surface area contributed by atoms with Crippen molar-refractivity contribution >= 4 is 12.1 Å². The number of hydrogen-bond donors (Lipinski definition) is 2. The Morgan fingerprint density at radius 2 is 2.26 bits per heavy atom. The molecular weight excluding hydrogens is 342 g/mol. The van der Waals surface area contributed by atoms with Crippen LogP contribution >= 0.6 is 0 Å². The van der Waals surface area contributed by atoms with Gasteiger partial charge in [-0.25, -0.2) is 4.79 Å². The standard InChI is InChI=1S/C20H33N5O2/c1-20(2,3)27-19(26)25-14-6-7-16(15-25)9-12-23-18(21)24-13-10-17-8-4-5-11-22-17/h4-5,8,11,16H,6-7,9-10,12-15H2,1-3H3,(H3,21,23,24). The molecule has 1 amide bonds. The van der Waals surface area contributed by atoms with Crippen LogP contribution in [-0.2, 0) is 11.2 Å². The Morgan fingerprint density at radius 3 is 2.96 bits per heavy atom. The van der Waals surface area contributed by atoms with Crippen LogP contribution in [0.4, 0.5) is 4.79 Å². The lowest BCUT2D eigenvalue weighted by atomic mass is 9.95. The first-order valence-corrected chi connectivity index (χ1v) is 9.75. The van der Waals surface area contributed by atoms with E-state index in [0.29, 0.717) is 25.0 Å². The Kier molecular flexibility index (Phi) is 7.88. The lowest BCUT2D eigenvalue weighted by molar-refractivity contribution is 0.0163. The van der Waals surface area contributed by atoms with Crippen molar-refractivity contribution in [1.29, 1.82) is 0 Å². The molecule has 2 heterocycles. The molecular formula is C20H33N5O2. The van der Waals surface area contributed by atoms with E-state index in [1.165, 1.54) is 0 Å². The Hall–Kier alpha value is -2.31.